The van der Waals surface area contributed by atoms with E-state index in [9.17, 15) is 19.5 Å². The first-order chi connectivity index (χ1) is 15.3. The topological polar surface area (TPSA) is 113 Å². The van der Waals surface area contributed by atoms with E-state index in [-0.39, 0.29) is 30.7 Å². The quantitative estimate of drug-likeness (QED) is 0.369. The number of carbonyl (C=O) groups excluding carboxylic acids is 2. The molecule has 3 rings (SSSR count). The van der Waals surface area contributed by atoms with Gasteiger partial charge in [-0.3, -0.25) is 14.4 Å². The molecule has 0 spiro atoms. The van der Waals surface area contributed by atoms with E-state index >= 15 is 0 Å². The Morgan fingerprint density at radius 2 is 1.72 bits per heavy atom. The molecule has 0 bridgehead atoms. The minimum absolute atomic E-state index is 0.0292. The Balaban J connectivity index is 2.17. The van der Waals surface area contributed by atoms with Crippen molar-refractivity contribution in [1.29, 1.82) is 0 Å². The largest absolute Gasteiger partial charge is 0.507 e. The number of aliphatic hydroxyl groups excluding tert-OH is 1. The Kier molecular flexibility index (Phi) is 6.82. The molecule has 0 aliphatic carbocycles. The second kappa shape index (κ2) is 9.55. The highest BCUT2D eigenvalue weighted by molar-refractivity contribution is 6.46. The van der Waals surface area contributed by atoms with Gasteiger partial charge in [-0.05, 0) is 25.5 Å². The van der Waals surface area contributed by atoms with E-state index in [1.807, 2.05) is 6.92 Å². The number of rotatable bonds is 8. The number of aliphatic hydroxyl groups is 1. The van der Waals surface area contributed by atoms with Crippen molar-refractivity contribution in [3.05, 3.63) is 64.7 Å². The van der Waals surface area contributed by atoms with Crippen LogP contribution in [0.25, 0.3) is 5.76 Å². The smallest absolute Gasteiger partial charge is 0.303 e. The molecule has 168 valence electrons. The summed E-state index contributed by atoms with van der Waals surface area (Å²) < 4.78 is 10.7. The van der Waals surface area contributed by atoms with Crippen LogP contribution in [0.5, 0.6) is 11.5 Å². The number of carboxylic acid groups (broad SMARTS) is 1. The molecule has 1 atom stereocenters. The molecule has 0 aromatic heterocycles. The Morgan fingerprint density at radius 3 is 2.31 bits per heavy atom. The number of hydrogen-bond donors (Lipinski definition) is 2. The van der Waals surface area contributed by atoms with Crippen LogP contribution in [-0.2, 0) is 14.4 Å². The fourth-order valence-corrected chi connectivity index (χ4v) is 3.75. The van der Waals surface area contributed by atoms with Gasteiger partial charge in [0, 0.05) is 30.2 Å². The lowest BCUT2D eigenvalue weighted by atomic mass is 9.94. The minimum atomic E-state index is -1.00. The first-order valence-electron chi connectivity index (χ1n) is 10.1. The molecule has 1 amide bonds. The Hall–Kier alpha value is -3.81. The van der Waals surface area contributed by atoms with Crippen LogP contribution in [0.15, 0.2) is 48.0 Å². The molecule has 1 aliphatic heterocycles. The fourth-order valence-electron chi connectivity index (χ4n) is 3.75. The lowest BCUT2D eigenvalue weighted by molar-refractivity contribution is -0.140. The molecule has 0 saturated carbocycles. The zero-order valence-electron chi connectivity index (χ0n) is 18.1. The number of carboxylic acids is 1. The van der Waals surface area contributed by atoms with E-state index in [4.69, 9.17) is 14.6 Å². The van der Waals surface area contributed by atoms with Crippen molar-refractivity contribution in [1.82, 2.24) is 4.90 Å². The molecule has 2 aromatic carbocycles. The first kappa shape index (κ1) is 22.9. The van der Waals surface area contributed by atoms with Crippen LogP contribution in [0.1, 0.15) is 35.6 Å². The summed E-state index contributed by atoms with van der Waals surface area (Å²) in [5.74, 6) is -2.04. The van der Waals surface area contributed by atoms with Gasteiger partial charge < -0.3 is 24.6 Å². The normalized spacial score (nSPS) is 17.5. The summed E-state index contributed by atoms with van der Waals surface area (Å²) in [6, 6.07) is 10.9. The van der Waals surface area contributed by atoms with Crippen molar-refractivity contribution in [2.75, 3.05) is 20.8 Å². The monoisotopic (exact) mass is 439 g/mol. The molecule has 32 heavy (non-hydrogen) atoms. The molecular weight excluding hydrogens is 414 g/mol. The van der Waals surface area contributed by atoms with Crippen LogP contribution >= 0.6 is 0 Å². The molecule has 1 saturated heterocycles. The molecule has 8 heteroatoms. The Morgan fingerprint density at radius 1 is 1.03 bits per heavy atom. The fraction of sp³-hybridized carbons (Fsp3) is 0.292. The van der Waals surface area contributed by atoms with Gasteiger partial charge in [0.2, 0.25) is 0 Å². The molecular formula is C24H25NO7. The predicted molar refractivity (Wildman–Crippen MR) is 117 cm³/mol. The number of nitrogens with zero attached hydrogens (tertiary/aromatic N) is 1. The third kappa shape index (κ3) is 4.44. The highest BCUT2D eigenvalue weighted by atomic mass is 16.5. The van der Waals surface area contributed by atoms with Crippen molar-refractivity contribution >= 4 is 23.4 Å². The van der Waals surface area contributed by atoms with Crippen LogP contribution < -0.4 is 9.47 Å². The van der Waals surface area contributed by atoms with E-state index in [0.29, 0.717) is 22.6 Å². The Labute approximate surface area is 185 Å². The number of likely N-dealkylation sites (tertiary alicyclic amines) is 1. The van der Waals surface area contributed by atoms with Crippen molar-refractivity contribution in [2.24, 2.45) is 0 Å². The van der Waals surface area contributed by atoms with Crippen LogP contribution in [0.2, 0.25) is 0 Å². The molecule has 2 aromatic rings. The minimum Gasteiger partial charge on any atom is -0.507 e. The summed E-state index contributed by atoms with van der Waals surface area (Å²) in [5, 5.41) is 20.0. The van der Waals surface area contributed by atoms with E-state index in [1.165, 1.54) is 19.1 Å². The number of amides is 1. The maximum Gasteiger partial charge on any atom is 0.303 e. The number of aryl methyl sites for hydroxylation is 1. The lowest BCUT2D eigenvalue weighted by Gasteiger charge is -2.26. The highest BCUT2D eigenvalue weighted by Gasteiger charge is 2.46. The van der Waals surface area contributed by atoms with E-state index in [0.717, 1.165) is 5.56 Å². The molecule has 2 N–H and O–H groups in total. The summed E-state index contributed by atoms with van der Waals surface area (Å²) in [4.78, 5) is 38.2. The number of aliphatic carboxylic acids is 1. The number of ether oxygens (including phenoxy) is 2. The second-order valence-corrected chi connectivity index (χ2v) is 7.46. The number of hydrogen-bond acceptors (Lipinski definition) is 6. The standard InChI is InChI=1S/C24H25NO7/c1-14-6-8-15(9-7-14)22(28)20-21(17-11-10-16(31-2)13-18(17)32-3)25(24(30)23(20)29)12-4-5-19(26)27/h6-11,13,21,28H,4-5,12H2,1-3H3,(H,26,27)/b22-20+/t21-/m1/s1. The van der Waals surface area contributed by atoms with Gasteiger partial charge in [0.25, 0.3) is 11.7 Å². The van der Waals surface area contributed by atoms with Gasteiger partial charge in [-0.2, -0.15) is 0 Å². The van der Waals surface area contributed by atoms with Crippen LogP contribution in [-0.4, -0.2) is 53.5 Å². The van der Waals surface area contributed by atoms with Crippen molar-refractivity contribution in [3.8, 4) is 11.5 Å². The third-order valence-electron chi connectivity index (χ3n) is 5.39. The van der Waals surface area contributed by atoms with Gasteiger partial charge in [-0.15, -0.1) is 0 Å². The summed E-state index contributed by atoms with van der Waals surface area (Å²) in [5.41, 5.74) is 1.79. The van der Waals surface area contributed by atoms with Gasteiger partial charge in [-0.1, -0.05) is 29.8 Å². The maximum atomic E-state index is 13.0. The van der Waals surface area contributed by atoms with Gasteiger partial charge >= 0.3 is 5.97 Å². The van der Waals surface area contributed by atoms with Crippen molar-refractivity contribution in [2.45, 2.75) is 25.8 Å². The molecule has 1 fully saturated rings. The Bertz CT molecular complexity index is 1070. The molecule has 0 unspecified atom stereocenters. The first-order valence-corrected chi connectivity index (χ1v) is 10.1. The molecule has 0 radical (unpaired) electrons. The van der Waals surface area contributed by atoms with E-state index < -0.39 is 23.7 Å². The molecule has 8 nitrogen and oxygen atoms in total. The van der Waals surface area contributed by atoms with Gasteiger partial charge in [0.1, 0.15) is 17.3 Å². The van der Waals surface area contributed by atoms with E-state index in [2.05, 4.69) is 0 Å². The molecule has 1 heterocycles. The number of ketones is 1. The third-order valence-corrected chi connectivity index (χ3v) is 5.39. The lowest BCUT2D eigenvalue weighted by Crippen LogP contribution is -2.31. The maximum absolute atomic E-state index is 13.0. The summed E-state index contributed by atoms with van der Waals surface area (Å²) in [7, 11) is 2.96. The van der Waals surface area contributed by atoms with Gasteiger partial charge in [-0.25, -0.2) is 0 Å². The zero-order valence-corrected chi connectivity index (χ0v) is 18.1. The number of carbonyl (C=O) groups is 3. The summed E-state index contributed by atoms with van der Waals surface area (Å²) in [6.07, 6.45) is -0.00464. The number of Topliss-reactive ketones (excluding diaryl/α,β-unsaturated/α-hetero) is 1. The summed E-state index contributed by atoms with van der Waals surface area (Å²) >= 11 is 0. The predicted octanol–water partition coefficient (Wildman–Crippen LogP) is 3.30. The molecule has 1 aliphatic rings. The highest BCUT2D eigenvalue weighted by Crippen LogP contribution is 2.43. The SMILES string of the molecule is COc1ccc([C@@H]2/C(=C(\O)c3ccc(C)cc3)C(=O)C(=O)N2CCCC(=O)O)c(OC)c1. The van der Waals surface area contributed by atoms with Crippen LogP contribution in [0, 0.1) is 6.92 Å². The van der Waals surface area contributed by atoms with Gasteiger partial charge in [0.15, 0.2) is 0 Å². The van der Waals surface area contributed by atoms with E-state index in [1.54, 1.807) is 42.5 Å². The van der Waals surface area contributed by atoms with Crippen molar-refractivity contribution in [3.63, 3.8) is 0 Å². The van der Waals surface area contributed by atoms with Crippen LogP contribution in [0.3, 0.4) is 0 Å². The van der Waals surface area contributed by atoms with Gasteiger partial charge in [0.05, 0.1) is 25.8 Å². The number of benzene rings is 2. The second-order valence-electron chi connectivity index (χ2n) is 7.46. The van der Waals surface area contributed by atoms with Crippen molar-refractivity contribution < 1.29 is 34.1 Å². The van der Waals surface area contributed by atoms with Crippen LogP contribution in [0.4, 0.5) is 0 Å². The zero-order chi connectivity index (χ0) is 23.4. The average Bonchev–Trinajstić information content (AvgIpc) is 3.03. The summed E-state index contributed by atoms with van der Waals surface area (Å²) in [6.45, 7) is 1.93. The average molecular weight is 439 g/mol. The number of methoxy groups -OCH3 is 2.